The number of piperidine rings is 1. The number of ether oxygens (including phenoxy) is 1. The number of benzene rings is 2. The first-order valence-electron chi connectivity index (χ1n) is 10.2. The van der Waals surface area contributed by atoms with Gasteiger partial charge in [0.1, 0.15) is 11.4 Å². The van der Waals surface area contributed by atoms with Gasteiger partial charge >= 0.3 is 0 Å². The van der Waals surface area contributed by atoms with Gasteiger partial charge in [-0.05, 0) is 55.0 Å². The van der Waals surface area contributed by atoms with Crippen LogP contribution in [0.15, 0.2) is 54.2 Å². The number of carbonyl (C=O) groups excluding carboxylic acids is 2. The molecule has 0 radical (unpaired) electrons. The van der Waals surface area contributed by atoms with E-state index >= 15 is 0 Å². The molecule has 30 heavy (non-hydrogen) atoms. The molecule has 1 saturated heterocycles. The van der Waals surface area contributed by atoms with Crippen LogP contribution in [0.5, 0.6) is 5.75 Å². The minimum atomic E-state index is -0.319. The summed E-state index contributed by atoms with van der Waals surface area (Å²) in [4.78, 5) is 30.4. The number of hydrogen-bond acceptors (Lipinski definition) is 5. The molecule has 2 aromatic rings. The molecule has 156 valence electrons. The summed E-state index contributed by atoms with van der Waals surface area (Å²) in [6.45, 7) is 3.22. The highest BCUT2D eigenvalue weighted by molar-refractivity contribution is 6.45. The molecule has 0 spiro atoms. The summed E-state index contributed by atoms with van der Waals surface area (Å²) in [5.74, 6) is 0.157. The number of amides is 2. The molecule has 0 bridgehead atoms. The van der Waals surface area contributed by atoms with Crippen LogP contribution in [0.3, 0.4) is 0 Å². The van der Waals surface area contributed by atoms with E-state index in [1.54, 1.807) is 25.3 Å². The average molecular weight is 406 g/mol. The Balaban J connectivity index is 1.82. The Kier molecular flexibility index (Phi) is 5.59. The summed E-state index contributed by atoms with van der Waals surface area (Å²) in [6, 6.07) is 14.6. The minimum Gasteiger partial charge on any atom is -0.497 e. The van der Waals surface area contributed by atoms with Crippen LogP contribution < -0.4 is 9.64 Å². The number of rotatable bonds is 5. The number of nitrogens with zero attached hydrogens (tertiary/aromatic N) is 2. The highest BCUT2D eigenvalue weighted by Gasteiger charge is 2.43. The lowest BCUT2D eigenvalue weighted by molar-refractivity contribution is -0.120. The van der Waals surface area contributed by atoms with Crippen LogP contribution in [-0.2, 0) is 9.59 Å². The lowest BCUT2D eigenvalue weighted by atomic mass is 9.97. The monoisotopic (exact) mass is 406 g/mol. The molecule has 2 amide bonds. The summed E-state index contributed by atoms with van der Waals surface area (Å²) >= 11 is 0. The van der Waals surface area contributed by atoms with Gasteiger partial charge in [0.15, 0.2) is 0 Å². The van der Waals surface area contributed by atoms with Gasteiger partial charge in [0.25, 0.3) is 11.8 Å². The lowest BCUT2D eigenvalue weighted by Crippen LogP contribution is -2.40. The molecule has 2 aliphatic heterocycles. The molecule has 0 saturated carbocycles. The van der Waals surface area contributed by atoms with Gasteiger partial charge in [-0.25, -0.2) is 4.90 Å². The number of methoxy groups -OCH3 is 1. The Morgan fingerprint density at radius 3 is 2.47 bits per heavy atom. The van der Waals surface area contributed by atoms with Crippen LogP contribution in [0.2, 0.25) is 0 Å². The van der Waals surface area contributed by atoms with E-state index in [0.29, 0.717) is 41.4 Å². The van der Waals surface area contributed by atoms with Gasteiger partial charge in [0, 0.05) is 19.7 Å². The predicted molar refractivity (Wildman–Crippen MR) is 115 cm³/mol. The number of imide groups is 1. The first-order valence-corrected chi connectivity index (χ1v) is 10.2. The maximum atomic E-state index is 13.6. The average Bonchev–Trinajstić information content (AvgIpc) is 3.04. The topological polar surface area (TPSA) is 70.1 Å². The van der Waals surface area contributed by atoms with Crippen LogP contribution in [0.4, 0.5) is 5.69 Å². The van der Waals surface area contributed by atoms with Crippen LogP contribution in [0.25, 0.3) is 5.57 Å². The van der Waals surface area contributed by atoms with E-state index in [-0.39, 0.29) is 24.3 Å². The second kappa shape index (κ2) is 8.32. The molecule has 6 nitrogen and oxygen atoms in total. The van der Waals surface area contributed by atoms with E-state index < -0.39 is 0 Å². The zero-order valence-corrected chi connectivity index (χ0v) is 17.3. The maximum absolute atomic E-state index is 13.6. The van der Waals surface area contributed by atoms with Crippen LogP contribution in [0.1, 0.15) is 24.0 Å². The molecular formula is C24H26N2O4. The Hall–Kier alpha value is -3.12. The van der Waals surface area contributed by atoms with E-state index in [2.05, 4.69) is 0 Å². The van der Waals surface area contributed by atoms with Gasteiger partial charge in [-0.15, -0.1) is 0 Å². The maximum Gasteiger partial charge on any atom is 0.282 e. The second-order valence-corrected chi connectivity index (χ2v) is 7.82. The molecule has 0 aromatic heterocycles. The van der Waals surface area contributed by atoms with Crippen molar-refractivity contribution in [3.05, 3.63) is 65.4 Å². The molecule has 0 aliphatic carbocycles. The molecule has 2 aliphatic rings. The number of hydrogen-bond donors (Lipinski definition) is 1. The third-order valence-corrected chi connectivity index (χ3v) is 5.89. The number of carbonyl (C=O) groups is 2. The molecule has 1 unspecified atom stereocenters. The summed E-state index contributed by atoms with van der Waals surface area (Å²) in [7, 11) is 1.59. The third-order valence-electron chi connectivity index (χ3n) is 5.89. The SMILES string of the molecule is COc1ccc(C2=C(N3CCCC(CO)C3)C(=O)N(c3ccccc3C)C2=O)cc1. The Labute approximate surface area is 176 Å². The van der Waals surface area contributed by atoms with Crippen molar-refractivity contribution in [3.63, 3.8) is 0 Å². The van der Waals surface area contributed by atoms with Gasteiger partial charge < -0.3 is 14.7 Å². The zero-order valence-electron chi connectivity index (χ0n) is 17.3. The zero-order chi connectivity index (χ0) is 21.3. The fourth-order valence-corrected chi connectivity index (χ4v) is 4.28. The van der Waals surface area contributed by atoms with Crippen LogP contribution in [-0.4, -0.2) is 48.6 Å². The number of aliphatic hydroxyl groups is 1. The van der Waals surface area contributed by atoms with E-state index in [0.717, 1.165) is 18.4 Å². The molecule has 6 heteroatoms. The molecular weight excluding hydrogens is 380 g/mol. The largest absolute Gasteiger partial charge is 0.497 e. The smallest absolute Gasteiger partial charge is 0.282 e. The summed E-state index contributed by atoms with van der Waals surface area (Å²) in [5, 5.41) is 9.66. The summed E-state index contributed by atoms with van der Waals surface area (Å²) < 4.78 is 5.24. The highest BCUT2D eigenvalue weighted by Crippen LogP contribution is 2.37. The Bertz CT molecular complexity index is 997. The van der Waals surface area contributed by atoms with Crippen molar-refractivity contribution >= 4 is 23.1 Å². The van der Waals surface area contributed by atoms with Crippen molar-refractivity contribution < 1.29 is 19.4 Å². The molecule has 4 rings (SSSR count). The molecule has 2 aromatic carbocycles. The molecule has 1 N–H and O–H groups in total. The fourth-order valence-electron chi connectivity index (χ4n) is 4.28. The van der Waals surface area contributed by atoms with Gasteiger partial charge in [-0.3, -0.25) is 9.59 Å². The van der Waals surface area contributed by atoms with Gasteiger partial charge in [-0.2, -0.15) is 0 Å². The molecule has 1 fully saturated rings. The van der Waals surface area contributed by atoms with E-state index in [1.807, 2.05) is 42.2 Å². The van der Waals surface area contributed by atoms with Crippen molar-refractivity contribution in [2.45, 2.75) is 19.8 Å². The van der Waals surface area contributed by atoms with Crippen molar-refractivity contribution in [1.29, 1.82) is 0 Å². The quantitative estimate of drug-likeness (QED) is 0.773. The lowest BCUT2D eigenvalue weighted by Gasteiger charge is -2.34. The van der Waals surface area contributed by atoms with Gasteiger partial charge in [-0.1, -0.05) is 30.3 Å². The number of para-hydroxylation sites is 1. The first kappa shape index (κ1) is 20.2. The summed E-state index contributed by atoms with van der Waals surface area (Å²) in [5.41, 5.74) is 2.98. The Morgan fingerprint density at radius 2 is 1.80 bits per heavy atom. The van der Waals surface area contributed by atoms with Crippen molar-refractivity contribution in [2.75, 3.05) is 31.7 Å². The highest BCUT2D eigenvalue weighted by atomic mass is 16.5. The van der Waals surface area contributed by atoms with E-state index in [4.69, 9.17) is 4.74 Å². The Morgan fingerprint density at radius 1 is 1.07 bits per heavy atom. The normalized spacial score (nSPS) is 19.6. The third kappa shape index (κ3) is 3.48. The predicted octanol–water partition coefficient (Wildman–Crippen LogP) is 2.99. The van der Waals surface area contributed by atoms with E-state index in [9.17, 15) is 14.7 Å². The van der Waals surface area contributed by atoms with E-state index in [1.165, 1.54) is 4.90 Å². The molecule has 2 heterocycles. The molecule has 1 atom stereocenters. The van der Waals surface area contributed by atoms with Crippen LogP contribution >= 0.6 is 0 Å². The summed E-state index contributed by atoms with van der Waals surface area (Å²) in [6.07, 6.45) is 1.79. The van der Waals surface area contributed by atoms with Gasteiger partial charge in [0.05, 0.1) is 18.4 Å². The van der Waals surface area contributed by atoms with Crippen LogP contribution in [0, 0.1) is 12.8 Å². The van der Waals surface area contributed by atoms with Crippen molar-refractivity contribution in [2.24, 2.45) is 5.92 Å². The number of anilines is 1. The van der Waals surface area contributed by atoms with Gasteiger partial charge in [0.2, 0.25) is 0 Å². The second-order valence-electron chi connectivity index (χ2n) is 7.82. The number of aliphatic hydroxyl groups excluding tert-OH is 1. The standard InChI is InChI=1S/C24H26N2O4/c1-16-6-3-4-8-20(16)26-23(28)21(18-9-11-19(30-2)12-10-18)22(24(26)29)25-13-5-7-17(14-25)15-27/h3-4,6,8-12,17,27H,5,7,13-15H2,1-2H3. The number of aryl methyl sites for hydroxylation is 1. The minimum absolute atomic E-state index is 0.0747. The first-order chi connectivity index (χ1) is 14.5. The number of likely N-dealkylation sites (tertiary alicyclic amines) is 1. The fraction of sp³-hybridized carbons (Fsp3) is 0.333. The van der Waals surface area contributed by atoms with Crippen molar-refractivity contribution in [1.82, 2.24) is 4.90 Å². The van der Waals surface area contributed by atoms with Crippen molar-refractivity contribution in [3.8, 4) is 5.75 Å².